The van der Waals surface area contributed by atoms with Crippen molar-refractivity contribution in [1.29, 1.82) is 0 Å². The first-order valence-corrected chi connectivity index (χ1v) is 7.69. The van der Waals surface area contributed by atoms with Crippen molar-refractivity contribution in [1.82, 2.24) is 0 Å². The van der Waals surface area contributed by atoms with E-state index in [1.54, 1.807) is 12.2 Å². The summed E-state index contributed by atoms with van der Waals surface area (Å²) >= 11 is 0. The number of carboxylic acids is 1. The third-order valence-corrected chi connectivity index (χ3v) is 5.32. The number of aliphatic hydroxyl groups excluding tert-OH is 1. The molecule has 1 saturated carbocycles. The van der Waals surface area contributed by atoms with Gasteiger partial charge in [-0.3, -0.25) is 4.79 Å². The number of aliphatic hydroxyl groups is 1. The Kier molecular flexibility index (Phi) is 4.26. The smallest absolute Gasteiger partial charge is 0.317 e. The van der Waals surface area contributed by atoms with Gasteiger partial charge in [0.2, 0.25) is 0 Å². The van der Waals surface area contributed by atoms with Gasteiger partial charge < -0.3 is 10.2 Å². The number of rotatable bonds is 3. The zero-order valence-electron chi connectivity index (χ0n) is 12.7. The van der Waals surface area contributed by atoms with E-state index in [9.17, 15) is 15.0 Å². The maximum absolute atomic E-state index is 12.0. The van der Waals surface area contributed by atoms with Gasteiger partial charge in [0.15, 0.2) is 0 Å². The average Bonchev–Trinajstić information content (AvgIpc) is 2.38. The maximum atomic E-state index is 12.0. The lowest BCUT2D eigenvalue weighted by Crippen LogP contribution is -2.47. The van der Waals surface area contributed by atoms with Gasteiger partial charge in [0.25, 0.3) is 0 Å². The lowest BCUT2D eigenvalue weighted by atomic mass is 9.56. The Balaban J connectivity index is 2.43. The van der Waals surface area contributed by atoms with E-state index >= 15 is 0 Å². The summed E-state index contributed by atoms with van der Waals surface area (Å²) in [5.41, 5.74) is -1.11. The quantitative estimate of drug-likeness (QED) is 0.814. The van der Waals surface area contributed by atoms with Crippen molar-refractivity contribution in [2.24, 2.45) is 29.1 Å². The molecule has 2 rings (SSSR count). The Labute approximate surface area is 121 Å². The second kappa shape index (κ2) is 5.63. The molecule has 2 aliphatic carbocycles. The molecule has 0 amide bonds. The predicted molar refractivity (Wildman–Crippen MR) is 79.4 cm³/mol. The van der Waals surface area contributed by atoms with Gasteiger partial charge in [-0.2, -0.15) is 0 Å². The second-order valence-electron chi connectivity index (χ2n) is 6.89. The topological polar surface area (TPSA) is 57.5 Å². The first-order valence-electron chi connectivity index (χ1n) is 7.69. The molecule has 0 radical (unpaired) electrons. The second-order valence-corrected chi connectivity index (χ2v) is 6.89. The molecule has 4 atom stereocenters. The van der Waals surface area contributed by atoms with Gasteiger partial charge >= 0.3 is 5.97 Å². The van der Waals surface area contributed by atoms with E-state index in [0.29, 0.717) is 24.2 Å². The summed E-state index contributed by atoms with van der Waals surface area (Å²) < 4.78 is 0. The fourth-order valence-corrected chi connectivity index (χ4v) is 4.13. The molecule has 0 bridgehead atoms. The maximum Gasteiger partial charge on any atom is 0.317 e. The highest BCUT2D eigenvalue weighted by Gasteiger charge is 2.53. The molecule has 2 N–H and O–H groups in total. The van der Waals surface area contributed by atoms with Crippen LogP contribution in [0.1, 0.15) is 46.5 Å². The Morgan fingerprint density at radius 1 is 1.40 bits per heavy atom. The molecule has 2 aliphatic rings. The van der Waals surface area contributed by atoms with Crippen LogP contribution in [0.2, 0.25) is 0 Å². The van der Waals surface area contributed by atoms with Crippen LogP contribution in [0, 0.1) is 29.1 Å². The monoisotopic (exact) mass is 278 g/mol. The normalized spacial score (nSPS) is 37.8. The number of carbonyl (C=O) groups is 1. The van der Waals surface area contributed by atoms with E-state index in [-0.39, 0.29) is 11.7 Å². The molecule has 1 fully saturated rings. The Morgan fingerprint density at radius 3 is 2.65 bits per heavy atom. The van der Waals surface area contributed by atoms with Crippen LogP contribution < -0.4 is 0 Å². The number of aliphatic carboxylic acids is 1. The summed E-state index contributed by atoms with van der Waals surface area (Å²) in [6.07, 6.45) is 8.73. The lowest BCUT2D eigenvalue weighted by molar-refractivity contribution is -0.155. The summed E-state index contributed by atoms with van der Waals surface area (Å²) in [6, 6.07) is 0. The molecular formula is C17H26O3. The van der Waals surface area contributed by atoms with Crippen molar-refractivity contribution >= 4 is 5.97 Å². The molecule has 0 aliphatic heterocycles. The lowest BCUT2D eigenvalue weighted by Gasteiger charge is -2.47. The van der Waals surface area contributed by atoms with Crippen molar-refractivity contribution in [3.05, 3.63) is 24.0 Å². The summed E-state index contributed by atoms with van der Waals surface area (Å²) in [6.45, 7) is 6.53. The van der Waals surface area contributed by atoms with Crippen LogP contribution in [-0.4, -0.2) is 16.2 Å². The van der Waals surface area contributed by atoms with Crippen molar-refractivity contribution in [3.63, 3.8) is 0 Å². The van der Waals surface area contributed by atoms with Crippen LogP contribution >= 0.6 is 0 Å². The first kappa shape index (κ1) is 15.1. The van der Waals surface area contributed by atoms with Crippen LogP contribution in [0.3, 0.4) is 0 Å². The molecule has 112 valence electrons. The van der Waals surface area contributed by atoms with Crippen LogP contribution in [0.15, 0.2) is 24.0 Å². The Morgan fingerprint density at radius 2 is 2.10 bits per heavy atom. The molecule has 20 heavy (non-hydrogen) atoms. The van der Waals surface area contributed by atoms with Crippen molar-refractivity contribution < 1.29 is 15.0 Å². The van der Waals surface area contributed by atoms with Gasteiger partial charge in [0, 0.05) is 0 Å². The molecule has 3 nitrogen and oxygen atoms in total. The fraction of sp³-hybridized carbons (Fsp3) is 0.706. The predicted octanol–water partition coefficient (Wildman–Crippen LogP) is 4.17. The molecule has 0 saturated heterocycles. The third kappa shape index (κ3) is 2.38. The van der Waals surface area contributed by atoms with E-state index in [1.807, 2.05) is 6.08 Å². The van der Waals surface area contributed by atoms with Crippen molar-refractivity contribution in [2.75, 3.05) is 0 Å². The number of hydrogen-bond acceptors (Lipinski definition) is 2. The number of allylic oxidation sites excluding steroid dienone is 3. The average molecular weight is 278 g/mol. The zero-order chi connectivity index (χ0) is 14.9. The highest BCUT2D eigenvalue weighted by atomic mass is 16.4. The van der Waals surface area contributed by atoms with Crippen molar-refractivity contribution in [2.45, 2.75) is 46.5 Å². The minimum absolute atomic E-state index is 0.0185. The van der Waals surface area contributed by atoms with Gasteiger partial charge in [-0.05, 0) is 49.0 Å². The van der Waals surface area contributed by atoms with Gasteiger partial charge in [0.05, 0.1) is 0 Å². The van der Waals surface area contributed by atoms with Gasteiger partial charge in [0.1, 0.15) is 11.2 Å². The SMILES string of the molecule is CC(C)[C@@H]1CC[C@@H](C)CC1[C@]1(C(=O)O)CC=CC=C1O. The Bertz CT molecular complexity index is 436. The van der Waals surface area contributed by atoms with Crippen LogP contribution in [-0.2, 0) is 4.79 Å². The van der Waals surface area contributed by atoms with Gasteiger partial charge in [-0.15, -0.1) is 0 Å². The minimum Gasteiger partial charge on any atom is -0.511 e. The first-order chi connectivity index (χ1) is 9.39. The third-order valence-electron chi connectivity index (χ3n) is 5.32. The van der Waals surface area contributed by atoms with E-state index in [4.69, 9.17) is 0 Å². The molecule has 0 aromatic carbocycles. The summed E-state index contributed by atoms with van der Waals surface area (Å²) in [5.74, 6) is 0.527. The van der Waals surface area contributed by atoms with E-state index in [2.05, 4.69) is 20.8 Å². The summed E-state index contributed by atoms with van der Waals surface area (Å²) in [4.78, 5) is 12.0. The molecule has 1 unspecified atom stereocenters. The van der Waals surface area contributed by atoms with Gasteiger partial charge in [-0.25, -0.2) is 0 Å². The van der Waals surface area contributed by atoms with Crippen LogP contribution in [0.4, 0.5) is 0 Å². The van der Waals surface area contributed by atoms with Crippen molar-refractivity contribution in [3.8, 4) is 0 Å². The molecule has 0 spiro atoms. The van der Waals surface area contributed by atoms with E-state index in [1.165, 1.54) is 0 Å². The summed E-state index contributed by atoms with van der Waals surface area (Å²) in [7, 11) is 0. The fourth-order valence-electron chi connectivity index (χ4n) is 4.13. The highest BCUT2D eigenvalue weighted by molar-refractivity contribution is 5.79. The van der Waals surface area contributed by atoms with Gasteiger partial charge in [-0.1, -0.05) is 39.3 Å². The minimum atomic E-state index is -1.11. The van der Waals surface area contributed by atoms with E-state index in [0.717, 1.165) is 19.3 Å². The molecule has 0 aromatic heterocycles. The molecule has 3 heteroatoms. The number of hydrogen-bond donors (Lipinski definition) is 2. The van der Waals surface area contributed by atoms with Crippen LogP contribution in [0.5, 0.6) is 0 Å². The van der Waals surface area contributed by atoms with E-state index < -0.39 is 11.4 Å². The number of carboxylic acid groups (broad SMARTS) is 1. The molecular weight excluding hydrogens is 252 g/mol. The highest BCUT2D eigenvalue weighted by Crippen LogP contribution is 2.52. The Hall–Kier alpha value is -1.25. The largest absolute Gasteiger partial charge is 0.511 e. The zero-order valence-corrected chi connectivity index (χ0v) is 12.7. The molecule has 0 aromatic rings. The molecule has 0 heterocycles. The van der Waals surface area contributed by atoms with Crippen LogP contribution in [0.25, 0.3) is 0 Å². The summed E-state index contributed by atoms with van der Waals surface area (Å²) in [5, 5.41) is 20.2. The standard InChI is InChI=1S/C17H26O3/c1-11(2)13-8-7-12(3)10-14(13)17(16(19)20)9-5-4-6-15(17)18/h4-6,11-14,18H,7-10H2,1-3H3,(H,19,20)/t12-,13+,14?,17-/m1/s1.